The van der Waals surface area contributed by atoms with Crippen molar-refractivity contribution in [2.45, 2.75) is 150 Å². The Hall–Kier alpha value is -2.57. The first kappa shape index (κ1) is 42.6. The molecule has 0 saturated carbocycles. The summed E-state index contributed by atoms with van der Waals surface area (Å²) in [6, 6.07) is 0. The van der Waals surface area contributed by atoms with E-state index in [4.69, 9.17) is 33.2 Å². The van der Waals surface area contributed by atoms with Gasteiger partial charge in [-0.2, -0.15) is 0 Å². The molecular weight excluding hydrogens is 632 g/mol. The number of cyclic esters (lactones) is 1. The summed E-state index contributed by atoms with van der Waals surface area (Å²) in [6.45, 7) is 19.5. The maximum Gasteiger partial charge on any atom is 0.332 e. The second-order valence-corrected chi connectivity index (χ2v) is 13.6. The highest BCUT2D eigenvalue weighted by atomic mass is 16.7. The average Bonchev–Trinajstić information content (AvgIpc) is 3.80. The SMILES string of the molecule is CCOCC(=O)OC(CC)C(C)C1OC1CC(C)/C=C/C=C(\C)C1OC(=O)CC(O)CCC(C)(OC(C)OCC)C(OC(C)=O)/C=C/C1C. The van der Waals surface area contributed by atoms with Crippen LogP contribution in [-0.4, -0.2) is 91.3 Å². The average molecular weight is 695 g/mol. The molecule has 11 nitrogen and oxygen atoms in total. The molecule has 11 unspecified atom stereocenters. The number of epoxide rings is 1. The molecule has 0 aliphatic carbocycles. The number of aliphatic hydroxyl groups is 1. The Morgan fingerprint density at radius 1 is 1.12 bits per heavy atom. The first-order valence-electron chi connectivity index (χ1n) is 17.9. The number of carbonyl (C=O) groups excluding carboxylic acids is 3. The van der Waals surface area contributed by atoms with Crippen molar-refractivity contribution >= 4 is 17.9 Å². The molecule has 2 aliphatic heterocycles. The van der Waals surface area contributed by atoms with Gasteiger partial charge in [0.1, 0.15) is 30.5 Å². The van der Waals surface area contributed by atoms with Gasteiger partial charge in [-0.05, 0) is 77.9 Å². The van der Waals surface area contributed by atoms with Crippen LogP contribution in [0.3, 0.4) is 0 Å². The van der Waals surface area contributed by atoms with Gasteiger partial charge >= 0.3 is 17.9 Å². The van der Waals surface area contributed by atoms with Crippen LogP contribution in [0.4, 0.5) is 0 Å². The summed E-state index contributed by atoms with van der Waals surface area (Å²) >= 11 is 0. The van der Waals surface area contributed by atoms with Crippen LogP contribution in [0.1, 0.15) is 101 Å². The Bertz CT molecular complexity index is 1130. The van der Waals surface area contributed by atoms with Crippen LogP contribution in [0.25, 0.3) is 0 Å². The van der Waals surface area contributed by atoms with Crippen molar-refractivity contribution in [1.29, 1.82) is 0 Å². The van der Waals surface area contributed by atoms with Gasteiger partial charge in [-0.15, -0.1) is 0 Å². The third kappa shape index (κ3) is 14.7. The van der Waals surface area contributed by atoms with E-state index in [0.717, 1.165) is 12.0 Å². The Morgan fingerprint density at radius 2 is 1.84 bits per heavy atom. The first-order chi connectivity index (χ1) is 23.1. The Balaban J connectivity index is 2.15. The van der Waals surface area contributed by atoms with Gasteiger partial charge in [0, 0.05) is 32.0 Å². The zero-order valence-electron chi connectivity index (χ0n) is 31.3. The lowest BCUT2D eigenvalue weighted by molar-refractivity contribution is -0.227. The Kier molecular flexibility index (Phi) is 18.2. The number of rotatable bonds is 17. The monoisotopic (exact) mass is 694 g/mol. The molecule has 280 valence electrons. The highest BCUT2D eigenvalue weighted by Gasteiger charge is 2.46. The van der Waals surface area contributed by atoms with Crippen molar-refractivity contribution in [2.75, 3.05) is 19.8 Å². The van der Waals surface area contributed by atoms with Gasteiger partial charge in [-0.1, -0.05) is 52.0 Å². The molecule has 2 heterocycles. The minimum atomic E-state index is -1.02. The molecule has 0 spiro atoms. The van der Waals surface area contributed by atoms with Crippen LogP contribution in [0.2, 0.25) is 0 Å². The van der Waals surface area contributed by atoms with Gasteiger partial charge in [-0.3, -0.25) is 9.59 Å². The van der Waals surface area contributed by atoms with E-state index in [1.54, 1.807) is 13.0 Å². The Morgan fingerprint density at radius 3 is 2.47 bits per heavy atom. The molecule has 11 atom stereocenters. The summed E-state index contributed by atoms with van der Waals surface area (Å²) in [7, 11) is 0. The number of hydrogen-bond acceptors (Lipinski definition) is 11. The molecule has 49 heavy (non-hydrogen) atoms. The molecule has 1 N–H and O–H groups in total. The van der Waals surface area contributed by atoms with E-state index in [9.17, 15) is 19.5 Å². The van der Waals surface area contributed by atoms with Crippen LogP contribution in [0, 0.1) is 17.8 Å². The number of allylic oxidation sites excluding steroid dienone is 3. The Labute approximate surface area is 293 Å². The molecule has 0 aromatic heterocycles. The van der Waals surface area contributed by atoms with Gasteiger partial charge in [0.15, 0.2) is 6.29 Å². The maximum atomic E-state index is 13.0. The van der Waals surface area contributed by atoms with Crippen LogP contribution in [0.15, 0.2) is 36.0 Å². The van der Waals surface area contributed by atoms with E-state index in [2.05, 4.69) is 19.9 Å². The van der Waals surface area contributed by atoms with Crippen molar-refractivity contribution in [1.82, 2.24) is 0 Å². The molecular formula is C38H62O11. The molecule has 0 aromatic rings. The number of aliphatic hydroxyl groups excluding tert-OH is 1. The summed E-state index contributed by atoms with van der Waals surface area (Å²) in [4.78, 5) is 37.2. The van der Waals surface area contributed by atoms with Crippen molar-refractivity contribution in [3.05, 3.63) is 36.0 Å². The van der Waals surface area contributed by atoms with Crippen LogP contribution in [-0.2, 0) is 47.5 Å². The van der Waals surface area contributed by atoms with Crippen molar-refractivity contribution < 1.29 is 52.6 Å². The predicted molar refractivity (Wildman–Crippen MR) is 185 cm³/mol. The number of esters is 3. The molecule has 0 amide bonds. The number of hydrogen-bond donors (Lipinski definition) is 1. The second kappa shape index (κ2) is 20.9. The van der Waals surface area contributed by atoms with Gasteiger partial charge in [0.05, 0.1) is 24.7 Å². The quantitative estimate of drug-likeness (QED) is 0.0478. The fraction of sp³-hybridized carbons (Fsp3) is 0.763. The lowest BCUT2D eigenvalue weighted by Crippen LogP contribution is -2.47. The van der Waals surface area contributed by atoms with E-state index in [0.29, 0.717) is 26.1 Å². The summed E-state index contributed by atoms with van der Waals surface area (Å²) < 4.78 is 40.3. The van der Waals surface area contributed by atoms with Crippen molar-refractivity contribution in [2.24, 2.45) is 17.8 Å². The van der Waals surface area contributed by atoms with Gasteiger partial charge < -0.3 is 38.3 Å². The van der Waals surface area contributed by atoms with E-state index >= 15 is 0 Å². The smallest absolute Gasteiger partial charge is 0.332 e. The normalized spacial score (nSPS) is 31.4. The van der Waals surface area contributed by atoms with E-state index < -0.39 is 42.1 Å². The van der Waals surface area contributed by atoms with E-state index in [-0.39, 0.29) is 61.5 Å². The third-order valence-corrected chi connectivity index (χ3v) is 9.12. The van der Waals surface area contributed by atoms with Crippen LogP contribution >= 0.6 is 0 Å². The summed E-state index contributed by atoms with van der Waals surface area (Å²) in [5.74, 6) is -1.32. The summed E-state index contributed by atoms with van der Waals surface area (Å²) in [5.41, 5.74) is -0.199. The highest BCUT2D eigenvalue weighted by molar-refractivity contribution is 5.71. The largest absolute Gasteiger partial charge is 0.460 e. The van der Waals surface area contributed by atoms with Gasteiger partial charge in [0.25, 0.3) is 0 Å². The van der Waals surface area contributed by atoms with Crippen LogP contribution in [0.5, 0.6) is 0 Å². The predicted octanol–water partition coefficient (Wildman–Crippen LogP) is 6.02. The molecule has 0 bridgehead atoms. The van der Waals surface area contributed by atoms with Crippen molar-refractivity contribution in [3.8, 4) is 0 Å². The van der Waals surface area contributed by atoms with Crippen molar-refractivity contribution in [3.63, 3.8) is 0 Å². The fourth-order valence-corrected chi connectivity index (χ4v) is 6.30. The standard InChI is InChI=1S/C38H62O11/c1-11-31(46-35(42)23-43-12-2)27(7)37-32(47-37)21-24(4)15-14-16-25(5)36-26(6)17-18-33(45-28(8)39)38(10,49-29(9)44-13-3)20-19-30(40)22-34(41)48-36/h14-18,24,26-27,29-33,36-37,40H,11-13,19-23H2,1-10H3/b15-14+,18-17+,25-16+. The highest BCUT2D eigenvalue weighted by Crippen LogP contribution is 2.37. The molecule has 2 aliphatic rings. The lowest BCUT2D eigenvalue weighted by Gasteiger charge is -2.38. The van der Waals surface area contributed by atoms with E-state index in [1.807, 2.05) is 59.8 Å². The molecule has 11 heteroatoms. The molecule has 0 radical (unpaired) electrons. The van der Waals surface area contributed by atoms with Crippen LogP contribution < -0.4 is 0 Å². The minimum absolute atomic E-state index is 0.0297. The minimum Gasteiger partial charge on any atom is -0.460 e. The summed E-state index contributed by atoms with van der Waals surface area (Å²) in [6.07, 6.45) is 8.49. The zero-order chi connectivity index (χ0) is 36.7. The molecule has 1 saturated heterocycles. The summed E-state index contributed by atoms with van der Waals surface area (Å²) in [5, 5.41) is 10.8. The maximum absolute atomic E-state index is 13.0. The van der Waals surface area contributed by atoms with E-state index in [1.165, 1.54) is 6.92 Å². The van der Waals surface area contributed by atoms with Gasteiger partial charge in [0.2, 0.25) is 0 Å². The number of carbonyl (C=O) groups is 3. The second-order valence-electron chi connectivity index (χ2n) is 13.6. The third-order valence-electron chi connectivity index (χ3n) is 9.12. The molecule has 0 aromatic carbocycles. The number of ether oxygens (including phenoxy) is 7. The van der Waals surface area contributed by atoms with Gasteiger partial charge in [-0.25, -0.2) is 4.79 Å². The zero-order valence-corrected chi connectivity index (χ0v) is 31.3. The first-order valence-corrected chi connectivity index (χ1v) is 17.9. The molecule has 1 fully saturated rings. The lowest BCUT2D eigenvalue weighted by atomic mass is 9.88. The molecule has 2 rings (SSSR count). The fourth-order valence-electron chi connectivity index (χ4n) is 6.30. The topological polar surface area (TPSA) is 139 Å².